The zero-order valence-corrected chi connectivity index (χ0v) is 25.9. The van der Waals surface area contributed by atoms with E-state index in [0.717, 1.165) is 4.90 Å². The molecule has 4 heterocycles. The van der Waals surface area contributed by atoms with Crippen LogP contribution in [-0.2, 0) is 26.2 Å². The highest BCUT2D eigenvalue weighted by atomic mass is 35.5. The van der Waals surface area contributed by atoms with Crippen LogP contribution in [0, 0.1) is 6.92 Å². The van der Waals surface area contributed by atoms with Crippen molar-refractivity contribution in [1.29, 1.82) is 0 Å². The molecule has 236 valence electrons. The van der Waals surface area contributed by atoms with Crippen LogP contribution in [0.2, 0.25) is 5.02 Å². The number of carbonyl (C=O) groups is 4. The largest absolute Gasteiger partial charge is 0.508 e. The molecule has 0 aliphatic carbocycles. The van der Waals surface area contributed by atoms with E-state index >= 15 is 0 Å². The van der Waals surface area contributed by atoms with Crippen molar-refractivity contribution in [2.45, 2.75) is 29.5 Å². The molecule has 3 aromatic rings. The number of phenols is 1. The predicted molar refractivity (Wildman–Crippen MR) is 161 cm³/mol. The summed E-state index contributed by atoms with van der Waals surface area (Å²) in [4.78, 5) is 68.0. The number of aromatic hydroxyl groups is 1. The fraction of sp³-hybridized carbons (Fsp3) is 0.308. The van der Waals surface area contributed by atoms with Gasteiger partial charge in [-0.25, -0.2) is 9.48 Å². The number of thioether (sulfide) groups is 2. The second-order valence-electron chi connectivity index (χ2n) is 9.83. The first kappa shape index (κ1) is 31.9. The molecule has 45 heavy (non-hydrogen) atoms. The second kappa shape index (κ2) is 13.2. The monoisotopic (exact) mass is 676 g/mol. The number of β-lactam (4-membered cyclic amide) rings is 1. The SMILES string of the molecule is Cc1[nH]cc(OCC(=O)N[C@@H](C(=O)NC2C(=O)N3C(C(=O)O)=C(CSc4nnnn4C)CS[C@H]23)c2ccc(O)cc2)c(=O)c1Cl. The van der Waals surface area contributed by atoms with Crippen molar-refractivity contribution in [2.24, 2.45) is 7.05 Å². The highest BCUT2D eigenvalue weighted by Crippen LogP contribution is 2.41. The van der Waals surface area contributed by atoms with E-state index in [2.05, 4.69) is 31.1 Å². The molecule has 19 heteroatoms. The zero-order valence-electron chi connectivity index (χ0n) is 23.5. The van der Waals surface area contributed by atoms with Crippen LogP contribution in [0.15, 0.2) is 51.7 Å². The second-order valence-corrected chi connectivity index (χ2v) is 12.3. The van der Waals surface area contributed by atoms with Gasteiger partial charge in [-0.1, -0.05) is 35.5 Å². The number of nitrogens with one attached hydrogen (secondary N) is 3. The van der Waals surface area contributed by atoms with Crippen LogP contribution in [0.25, 0.3) is 0 Å². The number of benzene rings is 1. The highest BCUT2D eigenvalue weighted by Gasteiger charge is 2.54. The number of rotatable bonds is 11. The Morgan fingerprint density at radius 3 is 2.67 bits per heavy atom. The molecule has 1 unspecified atom stereocenters. The number of phenolic OH excluding ortho intramolecular Hbond substituents is 1. The molecule has 2 aliphatic heterocycles. The Hall–Kier alpha value is -4.55. The first-order valence-corrected chi connectivity index (χ1v) is 15.5. The van der Waals surface area contributed by atoms with Crippen molar-refractivity contribution >= 4 is 58.8 Å². The van der Waals surface area contributed by atoms with E-state index in [4.69, 9.17) is 16.3 Å². The average Bonchev–Trinajstić information content (AvgIpc) is 3.43. The number of carboxylic acid groups (broad SMARTS) is 1. The molecule has 0 spiro atoms. The Labute approximate surface area is 267 Å². The lowest BCUT2D eigenvalue weighted by Gasteiger charge is -2.49. The van der Waals surface area contributed by atoms with E-state index in [1.807, 2.05) is 0 Å². The first-order valence-electron chi connectivity index (χ1n) is 13.1. The summed E-state index contributed by atoms with van der Waals surface area (Å²) in [5, 5.41) is 35.7. The minimum absolute atomic E-state index is 0.0798. The summed E-state index contributed by atoms with van der Waals surface area (Å²) in [5.41, 5.74) is 0.414. The van der Waals surface area contributed by atoms with Crippen molar-refractivity contribution in [3.05, 3.63) is 68.2 Å². The van der Waals surface area contributed by atoms with Gasteiger partial charge in [-0.05, 0) is 40.6 Å². The molecule has 3 atom stereocenters. The average molecular weight is 677 g/mol. The summed E-state index contributed by atoms with van der Waals surface area (Å²) in [6.45, 7) is 0.951. The van der Waals surface area contributed by atoms with Crippen molar-refractivity contribution in [1.82, 2.24) is 40.7 Å². The van der Waals surface area contributed by atoms with Gasteiger partial charge in [0.05, 0.1) is 0 Å². The van der Waals surface area contributed by atoms with E-state index in [0.29, 0.717) is 16.4 Å². The quantitative estimate of drug-likeness (QED) is 0.137. The molecule has 5 rings (SSSR count). The summed E-state index contributed by atoms with van der Waals surface area (Å²) >= 11 is 8.46. The number of nitrogens with zero attached hydrogens (tertiary/aromatic N) is 5. The normalized spacial score (nSPS) is 18.1. The lowest BCUT2D eigenvalue weighted by Crippen LogP contribution is -2.71. The van der Waals surface area contributed by atoms with Gasteiger partial charge < -0.3 is 30.6 Å². The number of ether oxygens (including phenoxy) is 1. The number of carboxylic acids is 1. The van der Waals surface area contributed by atoms with Gasteiger partial charge in [-0.15, -0.1) is 16.9 Å². The van der Waals surface area contributed by atoms with E-state index in [1.54, 1.807) is 14.0 Å². The van der Waals surface area contributed by atoms with Gasteiger partial charge in [0, 0.05) is 30.4 Å². The molecule has 0 bridgehead atoms. The number of H-pyrrole nitrogens is 1. The summed E-state index contributed by atoms with van der Waals surface area (Å²) in [5.74, 6) is -3.22. The van der Waals surface area contributed by atoms with Crippen LogP contribution in [0.5, 0.6) is 11.5 Å². The Morgan fingerprint density at radius 2 is 2.00 bits per heavy atom. The molecular weight excluding hydrogens is 652 g/mol. The van der Waals surface area contributed by atoms with Gasteiger partial charge in [-0.3, -0.25) is 24.1 Å². The lowest BCUT2D eigenvalue weighted by molar-refractivity contribution is -0.151. The van der Waals surface area contributed by atoms with Crippen molar-refractivity contribution in [2.75, 3.05) is 18.1 Å². The van der Waals surface area contributed by atoms with Gasteiger partial charge in [0.25, 0.3) is 11.8 Å². The third-order valence-corrected chi connectivity index (χ3v) is 9.72. The van der Waals surface area contributed by atoms with Gasteiger partial charge in [-0.2, -0.15) is 0 Å². The smallest absolute Gasteiger partial charge is 0.352 e. The molecule has 1 aromatic carbocycles. The predicted octanol–water partition coefficient (Wildman–Crippen LogP) is 0.333. The zero-order chi connectivity index (χ0) is 32.4. The summed E-state index contributed by atoms with van der Waals surface area (Å²) in [6, 6.07) is 3.06. The van der Waals surface area contributed by atoms with Crippen LogP contribution in [-0.4, -0.2) is 93.5 Å². The first-order chi connectivity index (χ1) is 21.5. The number of amides is 3. The maximum Gasteiger partial charge on any atom is 0.352 e. The topological polar surface area (TPSA) is 222 Å². The third kappa shape index (κ3) is 6.62. The maximum atomic E-state index is 13.5. The number of tetrazole rings is 1. The van der Waals surface area contributed by atoms with Crippen LogP contribution in [0.3, 0.4) is 0 Å². The number of aromatic amines is 1. The van der Waals surface area contributed by atoms with Crippen molar-refractivity contribution < 1.29 is 34.1 Å². The molecule has 5 N–H and O–H groups in total. The Balaban J connectivity index is 1.29. The molecule has 1 fully saturated rings. The number of fused-ring (bicyclic) bond motifs is 1. The number of halogens is 1. The Kier molecular flexibility index (Phi) is 9.35. The van der Waals surface area contributed by atoms with Crippen molar-refractivity contribution in [3.63, 3.8) is 0 Å². The van der Waals surface area contributed by atoms with Gasteiger partial charge in [0.1, 0.15) is 33.9 Å². The summed E-state index contributed by atoms with van der Waals surface area (Å²) in [6.07, 6.45) is 1.26. The fourth-order valence-electron chi connectivity index (χ4n) is 4.53. The number of aromatic nitrogens is 5. The molecular formula is C26H25ClN8O8S2. The highest BCUT2D eigenvalue weighted by molar-refractivity contribution is 8.01. The summed E-state index contributed by atoms with van der Waals surface area (Å²) < 4.78 is 6.76. The van der Waals surface area contributed by atoms with Gasteiger partial charge >= 0.3 is 5.97 Å². The van der Waals surface area contributed by atoms with Crippen LogP contribution in [0.1, 0.15) is 17.3 Å². The minimum atomic E-state index is -1.33. The minimum Gasteiger partial charge on any atom is -0.508 e. The fourth-order valence-corrected chi connectivity index (χ4v) is 7.01. The van der Waals surface area contributed by atoms with E-state index in [9.17, 15) is 34.2 Å². The third-order valence-electron chi connectivity index (χ3n) is 6.83. The van der Waals surface area contributed by atoms with Gasteiger partial charge in [0.2, 0.25) is 16.5 Å². The van der Waals surface area contributed by atoms with E-state index < -0.39 is 53.2 Å². The molecule has 0 radical (unpaired) electrons. The number of aryl methyl sites for hydroxylation is 2. The number of hydrogen-bond acceptors (Lipinski definition) is 12. The van der Waals surface area contributed by atoms with E-state index in [-0.39, 0.29) is 39.3 Å². The van der Waals surface area contributed by atoms with Crippen LogP contribution in [0.4, 0.5) is 0 Å². The Morgan fingerprint density at radius 1 is 1.27 bits per heavy atom. The molecule has 2 aliphatic rings. The van der Waals surface area contributed by atoms with E-state index in [1.165, 1.54) is 58.7 Å². The number of carbonyl (C=O) groups excluding carboxylic acids is 3. The van der Waals surface area contributed by atoms with Crippen LogP contribution < -0.4 is 20.8 Å². The van der Waals surface area contributed by atoms with Gasteiger partial charge in [0.15, 0.2) is 12.4 Å². The standard InChI is InChI=1S/C26H25ClN8O8S2/c1-11-17(27)21(38)15(7-28-11)43-8-16(37)29-18(12-3-5-14(36)6-4-12)22(39)30-19-23(40)35-20(25(41)42)13(9-44-24(19)35)10-45-26-31-32-33-34(26)2/h3-7,18-19,24,36H,8-10H2,1-2H3,(H,28,38)(H,29,37)(H,30,39)(H,41,42)/t18-,19?,24-/m1/s1. The number of pyridine rings is 1. The maximum absolute atomic E-state index is 13.5. The lowest BCUT2D eigenvalue weighted by atomic mass is 10.0. The van der Waals surface area contributed by atoms with Crippen LogP contribution >= 0.6 is 35.1 Å². The Bertz CT molecular complexity index is 1760. The molecule has 3 amide bonds. The molecule has 1 saturated heterocycles. The summed E-state index contributed by atoms with van der Waals surface area (Å²) in [7, 11) is 1.65. The molecule has 16 nitrogen and oxygen atoms in total. The number of aliphatic carboxylic acids is 1. The molecule has 0 saturated carbocycles. The van der Waals surface area contributed by atoms with Crippen molar-refractivity contribution in [3.8, 4) is 11.5 Å². The number of hydrogen-bond donors (Lipinski definition) is 5. The molecule has 2 aromatic heterocycles.